The van der Waals surface area contributed by atoms with Crippen LogP contribution in [0.5, 0.6) is 0 Å². The SMILES string of the molecule is CC(=O)c1c(C)nsc1NCc1csc(C)n1. The number of aromatic nitrogens is 2. The fourth-order valence-electron chi connectivity index (χ4n) is 1.57. The Morgan fingerprint density at radius 1 is 1.47 bits per heavy atom. The van der Waals surface area contributed by atoms with Crippen molar-refractivity contribution in [2.45, 2.75) is 27.3 Å². The van der Waals surface area contributed by atoms with Crippen LogP contribution in [0, 0.1) is 13.8 Å². The van der Waals surface area contributed by atoms with Crippen molar-refractivity contribution in [2.24, 2.45) is 0 Å². The van der Waals surface area contributed by atoms with Gasteiger partial charge in [0.15, 0.2) is 5.78 Å². The van der Waals surface area contributed by atoms with Crippen LogP contribution in [-0.2, 0) is 6.54 Å². The van der Waals surface area contributed by atoms with Crippen LogP contribution in [0.4, 0.5) is 5.00 Å². The summed E-state index contributed by atoms with van der Waals surface area (Å²) in [6.07, 6.45) is 0. The molecule has 0 saturated carbocycles. The Morgan fingerprint density at radius 2 is 2.24 bits per heavy atom. The average molecular weight is 267 g/mol. The van der Waals surface area contributed by atoms with Crippen LogP contribution < -0.4 is 5.32 Å². The number of ketones is 1. The molecule has 0 amide bonds. The number of nitrogens with zero attached hydrogens (tertiary/aromatic N) is 2. The van der Waals surface area contributed by atoms with E-state index < -0.39 is 0 Å². The minimum atomic E-state index is 0.0493. The molecule has 0 radical (unpaired) electrons. The lowest BCUT2D eigenvalue weighted by Crippen LogP contribution is -2.03. The van der Waals surface area contributed by atoms with Crippen LogP contribution in [0.15, 0.2) is 5.38 Å². The van der Waals surface area contributed by atoms with Crippen LogP contribution in [0.2, 0.25) is 0 Å². The smallest absolute Gasteiger partial charge is 0.164 e. The summed E-state index contributed by atoms with van der Waals surface area (Å²) in [4.78, 5) is 15.8. The Kier molecular flexibility index (Phi) is 3.54. The molecule has 0 aromatic carbocycles. The van der Waals surface area contributed by atoms with Gasteiger partial charge in [0.2, 0.25) is 0 Å². The lowest BCUT2D eigenvalue weighted by Gasteiger charge is -2.02. The second-order valence-corrected chi connectivity index (χ2v) is 5.58. The summed E-state index contributed by atoms with van der Waals surface area (Å²) in [5.41, 5.74) is 2.48. The Hall–Kier alpha value is -1.27. The number of nitrogens with one attached hydrogen (secondary N) is 1. The number of thiazole rings is 1. The van der Waals surface area contributed by atoms with Gasteiger partial charge in [0, 0.05) is 5.38 Å². The number of hydrogen-bond donors (Lipinski definition) is 1. The van der Waals surface area contributed by atoms with E-state index >= 15 is 0 Å². The highest BCUT2D eigenvalue weighted by Crippen LogP contribution is 2.25. The molecule has 0 unspecified atom stereocenters. The monoisotopic (exact) mass is 267 g/mol. The van der Waals surface area contributed by atoms with E-state index in [2.05, 4.69) is 14.7 Å². The molecule has 4 nitrogen and oxygen atoms in total. The summed E-state index contributed by atoms with van der Waals surface area (Å²) in [5, 5.41) is 7.13. The van der Waals surface area contributed by atoms with Crippen LogP contribution in [0.1, 0.15) is 33.7 Å². The molecular weight excluding hydrogens is 254 g/mol. The standard InChI is InChI=1S/C11H13N3OS2/c1-6-10(7(2)15)11(17-14-6)12-4-9-5-16-8(3)13-9/h5,12H,4H2,1-3H3. The average Bonchev–Trinajstić information content (AvgIpc) is 2.82. The Balaban J connectivity index is 2.11. The first kappa shape index (κ1) is 12.2. The molecule has 2 rings (SSSR count). The van der Waals surface area contributed by atoms with E-state index in [0.717, 1.165) is 21.4 Å². The first-order valence-electron chi connectivity index (χ1n) is 5.20. The fraction of sp³-hybridized carbons (Fsp3) is 0.364. The highest BCUT2D eigenvalue weighted by atomic mass is 32.1. The van der Waals surface area contributed by atoms with E-state index in [1.54, 1.807) is 18.3 Å². The third-order valence-electron chi connectivity index (χ3n) is 2.31. The number of carbonyl (C=O) groups is 1. The molecule has 0 bridgehead atoms. The van der Waals surface area contributed by atoms with Gasteiger partial charge in [-0.25, -0.2) is 4.98 Å². The van der Waals surface area contributed by atoms with Crippen molar-refractivity contribution in [1.82, 2.24) is 9.36 Å². The number of anilines is 1. The first-order chi connectivity index (χ1) is 8.08. The van der Waals surface area contributed by atoms with Gasteiger partial charge in [-0.2, -0.15) is 4.37 Å². The van der Waals surface area contributed by atoms with E-state index in [-0.39, 0.29) is 5.78 Å². The van der Waals surface area contributed by atoms with E-state index in [4.69, 9.17) is 0 Å². The number of aryl methyl sites for hydroxylation is 2. The van der Waals surface area contributed by atoms with Gasteiger partial charge in [-0.3, -0.25) is 4.79 Å². The summed E-state index contributed by atoms with van der Waals surface area (Å²) < 4.78 is 4.20. The highest BCUT2D eigenvalue weighted by Gasteiger charge is 2.14. The van der Waals surface area contributed by atoms with Crippen LogP contribution in [-0.4, -0.2) is 15.1 Å². The zero-order chi connectivity index (χ0) is 12.4. The summed E-state index contributed by atoms with van der Waals surface area (Å²) in [6.45, 7) is 6.03. The third kappa shape index (κ3) is 2.70. The van der Waals surface area contributed by atoms with Gasteiger partial charge in [-0.05, 0) is 32.3 Å². The first-order valence-corrected chi connectivity index (χ1v) is 6.85. The quantitative estimate of drug-likeness (QED) is 0.865. The number of hydrogen-bond acceptors (Lipinski definition) is 6. The normalized spacial score (nSPS) is 10.5. The van der Waals surface area contributed by atoms with Crippen molar-refractivity contribution in [3.05, 3.63) is 27.3 Å². The lowest BCUT2D eigenvalue weighted by molar-refractivity contribution is 0.101. The van der Waals surface area contributed by atoms with E-state index in [0.29, 0.717) is 12.1 Å². The molecule has 1 N–H and O–H groups in total. The zero-order valence-electron chi connectivity index (χ0n) is 9.90. The van der Waals surface area contributed by atoms with E-state index in [9.17, 15) is 4.79 Å². The molecule has 0 saturated heterocycles. The summed E-state index contributed by atoms with van der Waals surface area (Å²) in [6, 6.07) is 0. The summed E-state index contributed by atoms with van der Waals surface area (Å²) in [7, 11) is 0. The molecule has 2 heterocycles. The maximum absolute atomic E-state index is 11.5. The predicted molar refractivity (Wildman–Crippen MR) is 71.0 cm³/mol. The van der Waals surface area contributed by atoms with Crippen molar-refractivity contribution in [3.63, 3.8) is 0 Å². The lowest BCUT2D eigenvalue weighted by atomic mass is 10.2. The molecule has 90 valence electrons. The van der Waals surface area contributed by atoms with Crippen LogP contribution in [0.3, 0.4) is 0 Å². The Bertz CT molecular complexity index is 545. The second-order valence-electron chi connectivity index (χ2n) is 3.74. The molecular formula is C11H13N3OS2. The maximum atomic E-state index is 11.5. The van der Waals surface area contributed by atoms with Crippen molar-refractivity contribution in [3.8, 4) is 0 Å². The Morgan fingerprint density at radius 3 is 2.82 bits per heavy atom. The van der Waals surface area contributed by atoms with Gasteiger partial charge in [-0.1, -0.05) is 0 Å². The van der Waals surface area contributed by atoms with Gasteiger partial charge in [0.1, 0.15) is 5.00 Å². The number of rotatable bonds is 4. The topological polar surface area (TPSA) is 54.9 Å². The minimum absolute atomic E-state index is 0.0493. The fourth-order valence-corrected chi connectivity index (χ4v) is 3.02. The highest BCUT2D eigenvalue weighted by molar-refractivity contribution is 7.10. The van der Waals surface area contributed by atoms with Gasteiger partial charge < -0.3 is 5.32 Å². The maximum Gasteiger partial charge on any atom is 0.164 e. The molecule has 0 aliphatic heterocycles. The van der Waals surface area contributed by atoms with E-state index in [1.807, 2.05) is 19.2 Å². The molecule has 17 heavy (non-hydrogen) atoms. The van der Waals surface area contributed by atoms with Crippen molar-refractivity contribution in [1.29, 1.82) is 0 Å². The van der Waals surface area contributed by atoms with Gasteiger partial charge >= 0.3 is 0 Å². The third-order valence-corrected chi connectivity index (χ3v) is 4.03. The summed E-state index contributed by atoms with van der Waals surface area (Å²) >= 11 is 2.95. The molecule has 0 atom stereocenters. The number of Topliss-reactive ketones (excluding diaryl/α,β-unsaturated/α-hetero) is 1. The van der Waals surface area contributed by atoms with Gasteiger partial charge in [0.05, 0.1) is 28.5 Å². The van der Waals surface area contributed by atoms with Crippen molar-refractivity contribution in [2.75, 3.05) is 5.32 Å². The van der Waals surface area contributed by atoms with Crippen molar-refractivity contribution >= 4 is 33.7 Å². The predicted octanol–water partition coefficient (Wildman–Crippen LogP) is 3.03. The second kappa shape index (κ2) is 4.93. The molecule has 2 aromatic rings. The molecule has 0 spiro atoms. The van der Waals surface area contributed by atoms with Crippen LogP contribution in [0.25, 0.3) is 0 Å². The van der Waals surface area contributed by atoms with Crippen molar-refractivity contribution < 1.29 is 4.79 Å². The number of carbonyl (C=O) groups excluding carboxylic acids is 1. The van der Waals surface area contributed by atoms with Gasteiger partial charge in [0.25, 0.3) is 0 Å². The molecule has 0 aliphatic rings. The Labute approximate surface area is 108 Å². The minimum Gasteiger partial charge on any atom is -0.369 e. The zero-order valence-corrected chi connectivity index (χ0v) is 11.5. The van der Waals surface area contributed by atoms with E-state index in [1.165, 1.54) is 11.5 Å². The van der Waals surface area contributed by atoms with Gasteiger partial charge in [-0.15, -0.1) is 11.3 Å². The summed E-state index contributed by atoms with van der Waals surface area (Å²) in [5.74, 6) is 0.0493. The molecule has 0 aliphatic carbocycles. The molecule has 0 fully saturated rings. The van der Waals surface area contributed by atoms with Crippen LogP contribution >= 0.6 is 22.9 Å². The molecule has 6 heteroatoms. The molecule has 2 aromatic heterocycles. The largest absolute Gasteiger partial charge is 0.369 e.